The highest BCUT2D eigenvalue weighted by Crippen LogP contribution is 2.40. The normalized spacial score (nSPS) is 17.5. The zero-order chi connectivity index (χ0) is 16.4. The molecular formula is C20H23NOS. The molecule has 1 aliphatic rings. The predicted molar refractivity (Wildman–Crippen MR) is 98.0 cm³/mol. The van der Waals surface area contributed by atoms with Crippen LogP contribution in [0.1, 0.15) is 44.9 Å². The maximum atomic E-state index is 12.9. The summed E-state index contributed by atoms with van der Waals surface area (Å²) in [4.78, 5) is 14.9. The van der Waals surface area contributed by atoms with Crippen molar-refractivity contribution in [1.82, 2.24) is 4.90 Å². The SMILES string of the molecule is CCc1ccc(C(=O)N2CCS[C@@H]2c2ccc(C)cc2C)cc1. The minimum atomic E-state index is 0.133. The van der Waals surface area contributed by atoms with Gasteiger partial charge >= 0.3 is 0 Å². The van der Waals surface area contributed by atoms with Gasteiger partial charge in [0.25, 0.3) is 5.91 Å². The van der Waals surface area contributed by atoms with Gasteiger partial charge in [-0.2, -0.15) is 0 Å². The van der Waals surface area contributed by atoms with Crippen LogP contribution >= 0.6 is 11.8 Å². The zero-order valence-electron chi connectivity index (χ0n) is 14.0. The molecule has 0 unspecified atom stereocenters. The fourth-order valence-corrected chi connectivity index (χ4v) is 4.44. The second kappa shape index (κ2) is 6.79. The van der Waals surface area contributed by atoms with Crippen LogP contribution in [-0.4, -0.2) is 23.1 Å². The molecule has 1 aliphatic heterocycles. The van der Waals surface area contributed by atoms with Crippen molar-refractivity contribution < 1.29 is 4.79 Å². The number of nitrogens with zero attached hydrogens (tertiary/aromatic N) is 1. The first kappa shape index (κ1) is 16.1. The van der Waals surface area contributed by atoms with Crippen molar-refractivity contribution >= 4 is 17.7 Å². The van der Waals surface area contributed by atoms with E-state index in [4.69, 9.17) is 0 Å². The molecule has 0 spiro atoms. The van der Waals surface area contributed by atoms with Crippen molar-refractivity contribution in [3.63, 3.8) is 0 Å². The Balaban J connectivity index is 1.86. The summed E-state index contributed by atoms with van der Waals surface area (Å²) in [5, 5.41) is 0.133. The number of thioether (sulfide) groups is 1. The van der Waals surface area contributed by atoms with E-state index in [1.165, 1.54) is 22.3 Å². The molecule has 1 heterocycles. The third kappa shape index (κ3) is 3.30. The second-order valence-corrected chi connectivity index (χ2v) is 7.32. The minimum Gasteiger partial charge on any atom is -0.322 e. The van der Waals surface area contributed by atoms with E-state index in [0.717, 1.165) is 24.3 Å². The van der Waals surface area contributed by atoms with Crippen molar-refractivity contribution in [2.75, 3.05) is 12.3 Å². The lowest BCUT2D eigenvalue weighted by Gasteiger charge is -2.25. The van der Waals surface area contributed by atoms with E-state index in [1.54, 1.807) is 0 Å². The van der Waals surface area contributed by atoms with Crippen LogP contribution in [-0.2, 0) is 6.42 Å². The molecule has 1 fully saturated rings. The van der Waals surface area contributed by atoms with Gasteiger partial charge in [-0.25, -0.2) is 0 Å². The maximum Gasteiger partial charge on any atom is 0.255 e. The average molecular weight is 325 g/mol. The third-order valence-corrected chi connectivity index (χ3v) is 5.69. The van der Waals surface area contributed by atoms with Crippen LogP contribution in [0.25, 0.3) is 0 Å². The standard InChI is InChI=1S/C20H23NOS/c1-4-16-6-8-17(9-7-16)19(22)21-11-12-23-20(21)18-10-5-14(2)13-15(18)3/h5-10,13,20H,4,11-12H2,1-3H3/t20-/m1/s1. The molecule has 120 valence electrons. The van der Waals surface area contributed by atoms with Gasteiger partial charge < -0.3 is 4.90 Å². The van der Waals surface area contributed by atoms with Crippen LogP contribution in [0.2, 0.25) is 0 Å². The van der Waals surface area contributed by atoms with Gasteiger partial charge in [0.1, 0.15) is 5.37 Å². The van der Waals surface area contributed by atoms with Crippen molar-refractivity contribution in [1.29, 1.82) is 0 Å². The molecule has 23 heavy (non-hydrogen) atoms. The van der Waals surface area contributed by atoms with E-state index in [0.29, 0.717) is 0 Å². The Kier molecular flexibility index (Phi) is 4.76. The topological polar surface area (TPSA) is 20.3 Å². The maximum absolute atomic E-state index is 12.9. The molecule has 0 aromatic heterocycles. The molecule has 3 rings (SSSR count). The fourth-order valence-electron chi connectivity index (χ4n) is 3.09. The summed E-state index contributed by atoms with van der Waals surface area (Å²) in [6.07, 6.45) is 0.999. The first-order valence-corrected chi connectivity index (χ1v) is 9.23. The first-order valence-electron chi connectivity index (χ1n) is 8.19. The van der Waals surface area contributed by atoms with Gasteiger partial charge in [-0.15, -0.1) is 11.8 Å². The molecule has 1 amide bonds. The molecule has 1 saturated heterocycles. The van der Waals surface area contributed by atoms with Crippen LogP contribution in [0, 0.1) is 13.8 Å². The molecule has 0 aliphatic carbocycles. The summed E-state index contributed by atoms with van der Waals surface area (Å²) in [6.45, 7) is 7.19. The van der Waals surface area contributed by atoms with Crippen molar-refractivity contribution in [3.8, 4) is 0 Å². The second-order valence-electron chi connectivity index (χ2n) is 6.13. The Morgan fingerprint density at radius 3 is 2.57 bits per heavy atom. The highest BCUT2D eigenvalue weighted by molar-refractivity contribution is 7.99. The Morgan fingerprint density at radius 2 is 1.91 bits per heavy atom. The Hall–Kier alpha value is -1.74. The number of amides is 1. The molecule has 0 N–H and O–H groups in total. The molecule has 2 nitrogen and oxygen atoms in total. The van der Waals surface area contributed by atoms with E-state index in [1.807, 2.05) is 28.8 Å². The summed E-state index contributed by atoms with van der Waals surface area (Å²) < 4.78 is 0. The smallest absolute Gasteiger partial charge is 0.255 e. The summed E-state index contributed by atoms with van der Waals surface area (Å²) >= 11 is 1.86. The number of carbonyl (C=O) groups excluding carboxylic acids is 1. The van der Waals surface area contributed by atoms with Gasteiger partial charge in [0, 0.05) is 17.9 Å². The van der Waals surface area contributed by atoms with E-state index >= 15 is 0 Å². The molecule has 2 aromatic carbocycles. The average Bonchev–Trinajstić information content (AvgIpc) is 3.03. The number of benzene rings is 2. The van der Waals surface area contributed by atoms with Crippen molar-refractivity contribution in [2.24, 2.45) is 0 Å². The van der Waals surface area contributed by atoms with E-state index in [2.05, 4.69) is 51.1 Å². The van der Waals surface area contributed by atoms with Crippen LogP contribution in [0.15, 0.2) is 42.5 Å². The van der Waals surface area contributed by atoms with E-state index in [-0.39, 0.29) is 11.3 Å². The van der Waals surface area contributed by atoms with Gasteiger partial charge in [-0.3, -0.25) is 4.79 Å². The van der Waals surface area contributed by atoms with Crippen molar-refractivity contribution in [3.05, 3.63) is 70.3 Å². The van der Waals surface area contributed by atoms with Crippen LogP contribution < -0.4 is 0 Å². The van der Waals surface area contributed by atoms with Gasteiger partial charge in [0.2, 0.25) is 0 Å². The highest BCUT2D eigenvalue weighted by Gasteiger charge is 2.32. The number of rotatable bonds is 3. The predicted octanol–water partition coefficient (Wildman–Crippen LogP) is 4.75. The van der Waals surface area contributed by atoms with Gasteiger partial charge in [-0.05, 0) is 49.1 Å². The van der Waals surface area contributed by atoms with Crippen LogP contribution in [0.3, 0.4) is 0 Å². The minimum absolute atomic E-state index is 0.133. The third-order valence-electron chi connectivity index (χ3n) is 4.45. The summed E-state index contributed by atoms with van der Waals surface area (Å²) in [5.41, 5.74) is 5.85. The highest BCUT2D eigenvalue weighted by atomic mass is 32.2. The molecule has 0 saturated carbocycles. The quantitative estimate of drug-likeness (QED) is 0.811. The molecular weight excluding hydrogens is 302 g/mol. The molecule has 2 aromatic rings. The fraction of sp³-hybridized carbons (Fsp3) is 0.350. The largest absolute Gasteiger partial charge is 0.322 e. The Labute approximate surface area is 142 Å². The van der Waals surface area contributed by atoms with Gasteiger partial charge in [0.15, 0.2) is 0 Å². The molecule has 1 atom stereocenters. The Morgan fingerprint density at radius 1 is 1.17 bits per heavy atom. The van der Waals surface area contributed by atoms with Crippen LogP contribution in [0.4, 0.5) is 0 Å². The number of carbonyl (C=O) groups is 1. The van der Waals surface area contributed by atoms with E-state index in [9.17, 15) is 4.79 Å². The molecule has 0 radical (unpaired) electrons. The number of aryl methyl sites for hydroxylation is 3. The zero-order valence-corrected chi connectivity index (χ0v) is 14.8. The monoisotopic (exact) mass is 325 g/mol. The first-order chi connectivity index (χ1) is 11.1. The lowest BCUT2D eigenvalue weighted by Crippen LogP contribution is -2.30. The number of hydrogen-bond acceptors (Lipinski definition) is 2. The lowest BCUT2D eigenvalue weighted by atomic mass is 10.0. The number of hydrogen-bond donors (Lipinski definition) is 0. The summed E-state index contributed by atoms with van der Waals surface area (Å²) in [7, 11) is 0. The van der Waals surface area contributed by atoms with E-state index < -0.39 is 0 Å². The summed E-state index contributed by atoms with van der Waals surface area (Å²) in [6, 6.07) is 14.6. The van der Waals surface area contributed by atoms with Crippen molar-refractivity contribution in [2.45, 2.75) is 32.6 Å². The van der Waals surface area contributed by atoms with Crippen LogP contribution in [0.5, 0.6) is 0 Å². The van der Waals surface area contributed by atoms with Gasteiger partial charge in [-0.1, -0.05) is 42.8 Å². The Bertz CT molecular complexity index is 708. The molecule has 3 heteroatoms. The van der Waals surface area contributed by atoms with Gasteiger partial charge in [0.05, 0.1) is 0 Å². The lowest BCUT2D eigenvalue weighted by molar-refractivity contribution is 0.0760. The summed E-state index contributed by atoms with van der Waals surface area (Å²) in [5.74, 6) is 1.14. The molecule has 0 bridgehead atoms.